The second kappa shape index (κ2) is 8.91. The molecule has 1 fully saturated rings. The van der Waals surface area contributed by atoms with Gasteiger partial charge in [-0.1, -0.05) is 0 Å². The van der Waals surface area contributed by atoms with Gasteiger partial charge in [0.05, 0.1) is 19.8 Å². The third-order valence-corrected chi connectivity index (χ3v) is 6.18. The summed E-state index contributed by atoms with van der Waals surface area (Å²) in [5, 5.41) is 0. The van der Waals surface area contributed by atoms with E-state index in [1.165, 1.54) is 4.57 Å². The molecule has 4 rings (SSSR count). The van der Waals surface area contributed by atoms with Crippen LogP contribution < -0.4 is 11.2 Å². The van der Waals surface area contributed by atoms with E-state index in [1.807, 2.05) is 13.8 Å². The van der Waals surface area contributed by atoms with Crippen molar-refractivity contribution in [1.29, 1.82) is 0 Å². The summed E-state index contributed by atoms with van der Waals surface area (Å²) in [5.41, 5.74) is 1.36. The number of nitrogens with zero attached hydrogens (tertiary/aromatic N) is 6. The Bertz CT molecular complexity index is 1270. The van der Waals surface area contributed by atoms with Crippen LogP contribution in [0.3, 0.4) is 0 Å². The molecule has 1 aliphatic heterocycles. The van der Waals surface area contributed by atoms with Crippen molar-refractivity contribution >= 4 is 22.9 Å². The maximum Gasteiger partial charge on any atom is 0.333 e. The molecule has 174 valence electrons. The van der Waals surface area contributed by atoms with Crippen LogP contribution in [0.25, 0.3) is 16.9 Å². The number of aryl methyl sites for hydroxylation is 3. The maximum atomic E-state index is 13.3. The number of morpholine rings is 1. The zero-order valence-electron chi connectivity index (χ0n) is 19.1. The Balaban J connectivity index is 1.76. The number of carbonyl (C=O) groups excluding carboxylic acids is 1. The van der Waals surface area contributed by atoms with Crippen molar-refractivity contribution in [3.63, 3.8) is 0 Å². The Hall–Kier alpha value is -2.92. The highest BCUT2D eigenvalue weighted by Gasteiger charge is 2.23. The number of aromatic nitrogens is 5. The summed E-state index contributed by atoms with van der Waals surface area (Å²) in [7, 11) is 1.56. The van der Waals surface area contributed by atoms with Crippen LogP contribution in [-0.2, 0) is 34.4 Å². The van der Waals surface area contributed by atoms with Gasteiger partial charge in [0.2, 0.25) is 5.78 Å². The van der Waals surface area contributed by atoms with Gasteiger partial charge >= 0.3 is 11.7 Å². The molecule has 0 spiro atoms. The second-order valence-corrected chi connectivity index (χ2v) is 8.09. The fraction of sp³-hybridized carbons (Fsp3) is 0.619. The summed E-state index contributed by atoms with van der Waals surface area (Å²) in [4.78, 5) is 45.1. The molecular weight excluding hydrogens is 416 g/mol. The lowest BCUT2D eigenvalue weighted by atomic mass is 10.3. The monoisotopic (exact) mass is 446 g/mol. The molecule has 0 N–H and O–H groups in total. The van der Waals surface area contributed by atoms with E-state index in [4.69, 9.17) is 9.47 Å². The Morgan fingerprint density at radius 1 is 1.09 bits per heavy atom. The van der Waals surface area contributed by atoms with E-state index in [0.717, 1.165) is 61.8 Å². The standard InChI is InChI=1S/C21H30N6O5/c1-5-32-16(28)13-26-19(29)17-18(23(4)21(26)30)22-20-25(14(2)15(3)27(17)20)8-6-7-24-9-11-31-12-10-24/h5-13H2,1-4H3. The number of fused-ring (bicyclic) bond motifs is 3. The van der Waals surface area contributed by atoms with Gasteiger partial charge in [-0.2, -0.15) is 4.98 Å². The average Bonchev–Trinajstić information content (AvgIpc) is 3.28. The molecule has 1 aliphatic rings. The molecule has 0 aromatic carbocycles. The van der Waals surface area contributed by atoms with Gasteiger partial charge < -0.3 is 14.0 Å². The molecule has 3 aromatic rings. The Morgan fingerprint density at radius 3 is 2.50 bits per heavy atom. The third kappa shape index (κ3) is 3.75. The number of esters is 1. The highest BCUT2D eigenvalue weighted by atomic mass is 16.5. The van der Waals surface area contributed by atoms with Crippen LogP contribution in [0.4, 0.5) is 0 Å². The van der Waals surface area contributed by atoms with Gasteiger partial charge in [-0.05, 0) is 27.2 Å². The SMILES string of the molecule is CCOC(=O)Cn1c(=O)c2c(nc3n(CCCN4CCOCC4)c(C)c(C)n23)n(C)c1=O. The molecule has 32 heavy (non-hydrogen) atoms. The molecule has 0 radical (unpaired) electrons. The average molecular weight is 447 g/mol. The van der Waals surface area contributed by atoms with E-state index in [-0.39, 0.29) is 6.61 Å². The maximum absolute atomic E-state index is 13.3. The lowest BCUT2D eigenvalue weighted by Gasteiger charge is -2.26. The molecule has 0 bridgehead atoms. The molecule has 0 aliphatic carbocycles. The summed E-state index contributed by atoms with van der Waals surface area (Å²) in [6, 6.07) is 0. The van der Waals surface area contributed by atoms with Crippen LogP contribution in [0.2, 0.25) is 0 Å². The van der Waals surface area contributed by atoms with Crippen molar-refractivity contribution < 1.29 is 14.3 Å². The Morgan fingerprint density at radius 2 is 1.81 bits per heavy atom. The number of ether oxygens (including phenoxy) is 2. The van der Waals surface area contributed by atoms with E-state index in [1.54, 1.807) is 18.4 Å². The van der Waals surface area contributed by atoms with Crippen molar-refractivity contribution in [2.75, 3.05) is 39.5 Å². The fourth-order valence-corrected chi connectivity index (χ4v) is 4.34. The van der Waals surface area contributed by atoms with Crippen LogP contribution in [-0.4, -0.2) is 73.4 Å². The Labute approximate surface area is 184 Å². The summed E-state index contributed by atoms with van der Waals surface area (Å²) in [5.74, 6) is -0.00152. The van der Waals surface area contributed by atoms with Gasteiger partial charge in [-0.15, -0.1) is 0 Å². The van der Waals surface area contributed by atoms with Gasteiger partial charge in [0.1, 0.15) is 6.54 Å². The number of hydrogen-bond acceptors (Lipinski definition) is 7. The van der Waals surface area contributed by atoms with Gasteiger partial charge in [0, 0.05) is 44.6 Å². The minimum atomic E-state index is -0.625. The molecule has 4 heterocycles. The first-order chi connectivity index (χ1) is 15.3. The van der Waals surface area contributed by atoms with Gasteiger partial charge in [0.15, 0.2) is 11.2 Å². The summed E-state index contributed by atoms with van der Waals surface area (Å²) in [6.07, 6.45) is 0.930. The molecular formula is C21H30N6O5. The lowest BCUT2D eigenvalue weighted by molar-refractivity contribution is -0.143. The first-order valence-corrected chi connectivity index (χ1v) is 11.0. The molecule has 0 amide bonds. The number of rotatable bonds is 7. The smallest absolute Gasteiger partial charge is 0.333 e. The number of imidazole rings is 2. The minimum Gasteiger partial charge on any atom is -0.465 e. The molecule has 3 aromatic heterocycles. The fourth-order valence-electron chi connectivity index (χ4n) is 4.34. The predicted molar refractivity (Wildman–Crippen MR) is 118 cm³/mol. The van der Waals surface area contributed by atoms with E-state index in [0.29, 0.717) is 16.9 Å². The molecule has 0 atom stereocenters. The lowest BCUT2D eigenvalue weighted by Crippen LogP contribution is -2.41. The summed E-state index contributed by atoms with van der Waals surface area (Å²) < 4.78 is 16.5. The molecule has 11 nitrogen and oxygen atoms in total. The molecule has 1 saturated heterocycles. The van der Waals surface area contributed by atoms with Crippen molar-refractivity contribution in [2.24, 2.45) is 7.05 Å². The summed E-state index contributed by atoms with van der Waals surface area (Å²) in [6.45, 7) is 10.5. The normalized spacial score (nSPS) is 15.1. The van der Waals surface area contributed by atoms with Crippen LogP contribution in [0.5, 0.6) is 0 Å². The van der Waals surface area contributed by atoms with Crippen molar-refractivity contribution in [3.05, 3.63) is 32.2 Å². The van der Waals surface area contributed by atoms with E-state index < -0.39 is 23.8 Å². The van der Waals surface area contributed by atoms with E-state index in [2.05, 4.69) is 14.5 Å². The molecule has 0 unspecified atom stereocenters. The molecule has 0 saturated carbocycles. The van der Waals surface area contributed by atoms with Crippen molar-refractivity contribution in [3.8, 4) is 0 Å². The zero-order chi connectivity index (χ0) is 23.0. The number of carbonyl (C=O) groups is 1. The second-order valence-electron chi connectivity index (χ2n) is 8.09. The van der Waals surface area contributed by atoms with Crippen molar-refractivity contribution in [1.82, 2.24) is 28.0 Å². The zero-order valence-corrected chi connectivity index (χ0v) is 19.1. The predicted octanol–water partition coefficient (Wildman–Crippen LogP) is 0.0516. The van der Waals surface area contributed by atoms with Crippen molar-refractivity contribution in [2.45, 2.75) is 40.3 Å². The number of hydrogen-bond donors (Lipinski definition) is 0. The largest absolute Gasteiger partial charge is 0.465 e. The van der Waals surface area contributed by atoms with Gasteiger partial charge in [-0.25, -0.2) is 9.36 Å². The van der Waals surface area contributed by atoms with Crippen LogP contribution >= 0.6 is 0 Å². The minimum absolute atomic E-state index is 0.179. The molecule has 11 heteroatoms. The van der Waals surface area contributed by atoms with Crippen LogP contribution in [0.15, 0.2) is 9.59 Å². The van der Waals surface area contributed by atoms with E-state index >= 15 is 0 Å². The van der Waals surface area contributed by atoms with Crippen LogP contribution in [0.1, 0.15) is 24.7 Å². The highest BCUT2D eigenvalue weighted by Crippen LogP contribution is 2.21. The quantitative estimate of drug-likeness (QED) is 0.472. The first kappa shape index (κ1) is 22.3. The van der Waals surface area contributed by atoms with Gasteiger partial charge in [-0.3, -0.25) is 23.5 Å². The van der Waals surface area contributed by atoms with E-state index in [9.17, 15) is 14.4 Å². The van der Waals surface area contributed by atoms with Gasteiger partial charge in [0.25, 0.3) is 5.56 Å². The Kier molecular flexibility index (Phi) is 6.20. The summed E-state index contributed by atoms with van der Waals surface area (Å²) >= 11 is 0. The highest BCUT2D eigenvalue weighted by molar-refractivity contribution is 5.77. The van der Waals surface area contributed by atoms with Crippen LogP contribution in [0, 0.1) is 13.8 Å². The third-order valence-electron chi connectivity index (χ3n) is 6.18. The topological polar surface area (TPSA) is 105 Å². The first-order valence-electron chi connectivity index (χ1n) is 11.0.